The van der Waals surface area contributed by atoms with Gasteiger partial charge in [0.2, 0.25) is 0 Å². The number of hydrogen-bond donors (Lipinski definition) is 1. The highest BCUT2D eigenvalue weighted by Gasteiger charge is 2.16. The van der Waals surface area contributed by atoms with Crippen molar-refractivity contribution in [1.82, 2.24) is 0 Å². The van der Waals surface area contributed by atoms with E-state index in [9.17, 15) is 14.9 Å². The predicted molar refractivity (Wildman–Crippen MR) is 75.2 cm³/mol. The number of anilines is 1. The van der Waals surface area contributed by atoms with Crippen LogP contribution in [0.1, 0.15) is 10.4 Å². The Labute approximate surface area is 124 Å². The lowest BCUT2D eigenvalue weighted by Gasteiger charge is -2.06. The van der Waals surface area contributed by atoms with Crippen molar-refractivity contribution in [3.8, 4) is 0 Å². The molecule has 1 amide bonds. The number of amides is 1. The summed E-state index contributed by atoms with van der Waals surface area (Å²) in [6.45, 7) is 0. The molecule has 1 N–H and O–H groups in total. The molecule has 1 aromatic heterocycles. The van der Waals surface area contributed by atoms with E-state index in [0.717, 1.165) is 0 Å². The first-order valence-electron chi connectivity index (χ1n) is 4.97. The Kier molecular flexibility index (Phi) is 4.01. The number of furan rings is 1. The molecule has 0 bridgehead atoms. The summed E-state index contributed by atoms with van der Waals surface area (Å²) in [5.74, 6) is -0.429. The maximum Gasteiger partial charge on any atom is 0.271 e. The summed E-state index contributed by atoms with van der Waals surface area (Å²) >= 11 is 6.31. The van der Waals surface area contributed by atoms with E-state index >= 15 is 0 Å². The predicted octanol–water partition coefficient (Wildman–Crippen LogP) is 3.97. The van der Waals surface area contributed by atoms with Crippen LogP contribution in [-0.2, 0) is 0 Å². The zero-order valence-electron chi connectivity index (χ0n) is 9.22. The number of nitro benzene ring substituents is 1. The van der Waals surface area contributed by atoms with E-state index in [2.05, 4.69) is 37.2 Å². The number of nitro groups is 1. The van der Waals surface area contributed by atoms with Gasteiger partial charge in [0, 0.05) is 16.6 Å². The van der Waals surface area contributed by atoms with Crippen LogP contribution in [0.5, 0.6) is 0 Å². The van der Waals surface area contributed by atoms with Gasteiger partial charge in [-0.1, -0.05) is 0 Å². The summed E-state index contributed by atoms with van der Waals surface area (Å²) < 4.78 is 5.80. The summed E-state index contributed by atoms with van der Waals surface area (Å²) in [4.78, 5) is 22.1. The molecule has 0 unspecified atom stereocenters. The van der Waals surface area contributed by atoms with Crippen molar-refractivity contribution < 1.29 is 14.1 Å². The summed E-state index contributed by atoms with van der Waals surface area (Å²) in [6.07, 6.45) is 1.36. The summed E-state index contributed by atoms with van der Waals surface area (Å²) in [5.41, 5.74) is 0.510. The number of rotatable bonds is 3. The molecular formula is C11H6Br2N2O4. The van der Waals surface area contributed by atoms with Crippen LogP contribution in [0.3, 0.4) is 0 Å². The number of nitrogens with one attached hydrogen (secondary N) is 1. The second kappa shape index (κ2) is 5.54. The molecule has 8 heteroatoms. The van der Waals surface area contributed by atoms with Gasteiger partial charge in [0.05, 0.1) is 22.4 Å². The average Bonchev–Trinajstić information content (AvgIpc) is 2.78. The molecule has 0 radical (unpaired) electrons. The third-order valence-corrected chi connectivity index (χ3v) is 3.58. The SMILES string of the molecule is O=C(Nc1cc([N+](=O)[O-])ccc1Br)c1ccoc1Br. The minimum absolute atomic E-state index is 0.107. The number of carbonyl (C=O) groups is 1. The van der Waals surface area contributed by atoms with Crippen LogP contribution in [0.2, 0.25) is 0 Å². The topological polar surface area (TPSA) is 85.4 Å². The van der Waals surface area contributed by atoms with Gasteiger partial charge in [-0.05, 0) is 44.0 Å². The quantitative estimate of drug-likeness (QED) is 0.635. The number of hydrogen-bond acceptors (Lipinski definition) is 4. The lowest BCUT2D eigenvalue weighted by atomic mass is 10.2. The standard InChI is InChI=1S/C11H6Br2N2O4/c12-8-2-1-6(15(17)18)5-9(8)14-11(16)7-3-4-19-10(7)13/h1-5H,(H,14,16). The summed E-state index contributed by atoms with van der Waals surface area (Å²) in [6, 6.07) is 5.60. The fraction of sp³-hybridized carbons (Fsp3) is 0. The first kappa shape index (κ1) is 13.8. The molecule has 0 spiro atoms. The van der Waals surface area contributed by atoms with Crippen molar-refractivity contribution in [3.05, 3.63) is 55.3 Å². The maximum atomic E-state index is 11.9. The van der Waals surface area contributed by atoms with Gasteiger partial charge in [-0.25, -0.2) is 0 Å². The third-order valence-electron chi connectivity index (χ3n) is 2.27. The molecule has 0 aliphatic carbocycles. The zero-order chi connectivity index (χ0) is 14.0. The zero-order valence-corrected chi connectivity index (χ0v) is 12.4. The van der Waals surface area contributed by atoms with E-state index in [1.165, 1.54) is 30.5 Å². The Balaban J connectivity index is 2.28. The molecule has 0 aliphatic heterocycles. The van der Waals surface area contributed by atoms with Gasteiger partial charge in [-0.2, -0.15) is 0 Å². The number of halogens is 2. The first-order chi connectivity index (χ1) is 8.99. The third kappa shape index (κ3) is 3.02. The normalized spacial score (nSPS) is 10.2. The number of non-ortho nitro benzene ring substituents is 1. The van der Waals surface area contributed by atoms with Crippen LogP contribution in [0.4, 0.5) is 11.4 Å². The van der Waals surface area contributed by atoms with E-state index in [1.807, 2.05) is 0 Å². The van der Waals surface area contributed by atoms with E-state index in [-0.39, 0.29) is 5.69 Å². The molecule has 0 aliphatic rings. The first-order valence-corrected chi connectivity index (χ1v) is 6.56. The van der Waals surface area contributed by atoms with Gasteiger partial charge in [0.1, 0.15) is 0 Å². The van der Waals surface area contributed by atoms with Crippen molar-refractivity contribution in [2.24, 2.45) is 0 Å². The lowest BCUT2D eigenvalue weighted by Crippen LogP contribution is -2.12. The molecular weight excluding hydrogens is 384 g/mol. The van der Waals surface area contributed by atoms with E-state index in [4.69, 9.17) is 4.42 Å². The Morgan fingerprint density at radius 3 is 2.63 bits per heavy atom. The Bertz CT molecular complexity index is 654. The molecule has 2 rings (SSSR count). The Morgan fingerprint density at radius 2 is 2.05 bits per heavy atom. The second-order valence-electron chi connectivity index (χ2n) is 3.48. The van der Waals surface area contributed by atoms with Crippen molar-refractivity contribution in [2.45, 2.75) is 0 Å². The molecule has 6 nitrogen and oxygen atoms in total. The minimum Gasteiger partial charge on any atom is -0.457 e. The highest BCUT2D eigenvalue weighted by molar-refractivity contribution is 9.10. The summed E-state index contributed by atoms with van der Waals surface area (Å²) in [5, 5.41) is 13.3. The van der Waals surface area contributed by atoms with Gasteiger partial charge in [0.25, 0.3) is 11.6 Å². The number of benzene rings is 1. The molecule has 98 valence electrons. The number of nitrogens with zero attached hydrogens (tertiary/aromatic N) is 1. The van der Waals surface area contributed by atoms with Crippen LogP contribution in [-0.4, -0.2) is 10.8 Å². The number of carbonyl (C=O) groups excluding carboxylic acids is 1. The highest BCUT2D eigenvalue weighted by atomic mass is 79.9. The molecule has 1 aromatic carbocycles. The Morgan fingerprint density at radius 1 is 1.32 bits per heavy atom. The molecule has 0 saturated carbocycles. The smallest absolute Gasteiger partial charge is 0.271 e. The van der Waals surface area contributed by atoms with E-state index in [0.29, 0.717) is 20.4 Å². The largest absolute Gasteiger partial charge is 0.457 e. The van der Waals surface area contributed by atoms with E-state index in [1.54, 1.807) is 0 Å². The average molecular weight is 390 g/mol. The fourth-order valence-corrected chi connectivity index (χ4v) is 2.13. The molecule has 19 heavy (non-hydrogen) atoms. The summed E-state index contributed by atoms with van der Waals surface area (Å²) in [7, 11) is 0. The molecule has 0 fully saturated rings. The van der Waals surface area contributed by atoms with Gasteiger partial charge >= 0.3 is 0 Å². The van der Waals surface area contributed by atoms with Crippen LogP contribution in [0.25, 0.3) is 0 Å². The fourth-order valence-electron chi connectivity index (χ4n) is 1.37. The molecule has 0 atom stereocenters. The monoisotopic (exact) mass is 388 g/mol. The maximum absolute atomic E-state index is 11.9. The van der Waals surface area contributed by atoms with Crippen LogP contribution >= 0.6 is 31.9 Å². The van der Waals surface area contributed by atoms with Crippen molar-refractivity contribution in [3.63, 3.8) is 0 Å². The molecule has 1 heterocycles. The molecule has 0 saturated heterocycles. The highest BCUT2D eigenvalue weighted by Crippen LogP contribution is 2.28. The van der Waals surface area contributed by atoms with Gasteiger partial charge in [-0.15, -0.1) is 0 Å². The van der Waals surface area contributed by atoms with Gasteiger partial charge in [0.15, 0.2) is 4.67 Å². The minimum atomic E-state index is -0.532. The van der Waals surface area contributed by atoms with Crippen molar-refractivity contribution in [2.75, 3.05) is 5.32 Å². The Hall–Kier alpha value is -1.67. The second-order valence-corrected chi connectivity index (χ2v) is 5.06. The molecule has 2 aromatic rings. The van der Waals surface area contributed by atoms with E-state index < -0.39 is 10.8 Å². The lowest BCUT2D eigenvalue weighted by molar-refractivity contribution is -0.384. The van der Waals surface area contributed by atoms with Crippen LogP contribution < -0.4 is 5.32 Å². The van der Waals surface area contributed by atoms with Crippen molar-refractivity contribution in [1.29, 1.82) is 0 Å². The van der Waals surface area contributed by atoms with Gasteiger partial charge in [-0.3, -0.25) is 14.9 Å². The van der Waals surface area contributed by atoms with Crippen LogP contribution in [0, 0.1) is 10.1 Å². The van der Waals surface area contributed by atoms with Crippen molar-refractivity contribution >= 4 is 49.1 Å². The van der Waals surface area contributed by atoms with Gasteiger partial charge < -0.3 is 9.73 Å². The van der Waals surface area contributed by atoms with Crippen LogP contribution in [0.15, 0.2) is 44.1 Å².